The predicted molar refractivity (Wildman–Crippen MR) is 90.5 cm³/mol. The largest absolute Gasteiger partial charge is 0.332 e. The summed E-state index contributed by atoms with van der Waals surface area (Å²) in [5.74, 6) is -0.392. The molecule has 0 unspecified atom stereocenters. The molecule has 0 atom stereocenters. The Bertz CT molecular complexity index is 740. The van der Waals surface area contributed by atoms with Crippen LogP contribution in [0, 0.1) is 5.82 Å². The summed E-state index contributed by atoms with van der Waals surface area (Å²) in [4.78, 5) is 14.2. The molecule has 0 bridgehead atoms. The number of rotatable bonds is 5. The van der Waals surface area contributed by atoms with Crippen LogP contribution in [0.5, 0.6) is 0 Å². The van der Waals surface area contributed by atoms with Crippen molar-refractivity contribution >= 4 is 23.6 Å². The molecule has 2 aromatic carbocycles. The van der Waals surface area contributed by atoms with Crippen molar-refractivity contribution < 1.29 is 9.18 Å². The van der Waals surface area contributed by atoms with Gasteiger partial charge in [0, 0.05) is 29.2 Å². The maximum absolute atomic E-state index is 13.8. The molecule has 3 rings (SSSR count). The van der Waals surface area contributed by atoms with Crippen molar-refractivity contribution in [2.24, 2.45) is 0 Å². The maximum Gasteiger partial charge on any atom is 0.247 e. The first-order chi connectivity index (χ1) is 11.1. The average Bonchev–Trinajstić information content (AvgIpc) is 3.38. The molecule has 0 saturated heterocycles. The summed E-state index contributed by atoms with van der Waals surface area (Å²) in [7, 11) is 0. The zero-order valence-corrected chi connectivity index (χ0v) is 13.3. The summed E-state index contributed by atoms with van der Waals surface area (Å²) < 4.78 is 13.8. The van der Waals surface area contributed by atoms with Crippen LogP contribution in [0.15, 0.2) is 54.6 Å². The van der Waals surface area contributed by atoms with Crippen molar-refractivity contribution in [2.75, 3.05) is 0 Å². The Labute approximate surface area is 140 Å². The summed E-state index contributed by atoms with van der Waals surface area (Å²) in [5.41, 5.74) is 1.34. The number of nitrogens with zero attached hydrogens (tertiary/aromatic N) is 1. The van der Waals surface area contributed by atoms with E-state index in [1.54, 1.807) is 35.2 Å². The number of halogens is 2. The van der Waals surface area contributed by atoms with E-state index < -0.39 is 0 Å². The molecule has 2 nitrogen and oxygen atoms in total. The van der Waals surface area contributed by atoms with Gasteiger partial charge in [0.05, 0.1) is 0 Å². The van der Waals surface area contributed by atoms with Gasteiger partial charge in [-0.25, -0.2) is 4.39 Å². The smallest absolute Gasteiger partial charge is 0.247 e. The van der Waals surface area contributed by atoms with E-state index in [1.165, 1.54) is 12.1 Å². The first-order valence-corrected chi connectivity index (χ1v) is 7.99. The minimum atomic E-state index is -0.277. The molecule has 2 aromatic rings. The Morgan fingerprint density at radius 3 is 2.57 bits per heavy atom. The van der Waals surface area contributed by atoms with Crippen molar-refractivity contribution in [1.29, 1.82) is 0 Å². The monoisotopic (exact) mass is 329 g/mol. The van der Waals surface area contributed by atoms with Gasteiger partial charge in [-0.15, -0.1) is 0 Å². The third-order valence-corrected chi connectivity index (χ3v) is 4.22. The van der Waals surface area contributed by atoms with Gasteiger partial charge in [0.1, 0.15) is 5.82 Å². The average molecular weight is 330 g/mol. The highest BCUT2D eigenvalue weighted by molar-refractivity contribution is 6.32. The normalized spacial score (nSPS) is 14.2. The number of amides is 1. The highest BCUT2D eigenvalue weighted by Gasteiger charge is 2.31. The fourth-order valence-electron chi connectivity index (χ4n) is 2.45. The number of hydrogen-bond donors (Lipinski definition) is 0. The van der Waals surface area contributed by atoms with E-state index in [-0.39, 0.29) is 17.8 Å². The van der Waals surface area contributed by atoms with Gasteiger partial charge in [-0.2, -0.15) is 0 Å². The van der Waals surface area contributed by atoms with Gasteiger partial charge in [0.25, 0.3) is 0 Å². The third kappa shape index (κ3) is 3.99. The molecule has 0 aromatic heterocycles. The van der Waals surface area contributed by atoms with Crippen molar-refractivity contribution in [2.45, 2.75) is 25.4 Å². The summed E-state index contributed by atoms with van der Waals surface area (Å²) in [6, 6.07) is 14.1. The van der Waals surface area contributed by atoms with Crippen LogP contribution in [-0.2, 0) is 11.3 Å². The van der Waals surface area contributed by atoms with Gasteiger partial charge in [-0.1, -0.05) is 48.0 Å². The van der Waals surface area contributed by atoms with Crippen LogP contribution in [0.4, 0.5) is 4.39 Å². The molecular weight excluding hydrogens is 313 g/mol. The SMILES string of the molecule is O=C(/C=C/c1ccccc1Cl)N(Cc1ccccc1F)C1CC1. The zero-order valence-electron chi connectivity index (χ0n) is 12.6. The minimum Gasteiger partial charge on any atom is -0.332 e. The molecule has 118 valence electrons. The summed E-state index contributed by atoms with van der Waals surface area (Å²) in [6.07, 6.45) is 5.17. The standard InChI is InChI=1S/C19H17ClFNO/c20-17-7-3-1-5-14(17)9-12-19(23)22(16-10-11-16)13-15-6-2-4-8-18(15)21/h1-9,12,16H,10-11,13H2/b12-9+. The van der Waals surface area contributed by atoms with Crippen molar-refractivity contribution in [3.8, 4) is 0 Å². The lowest BCUT2D eigenvalue weighted by Crippen LogP contribution is -2.31. The molecule has 0 spiro atoms. The van der Waals surface area contributed by atoms with Crippen LogP contribution < -0.4 is 0 Å². The highest BCUT2D eigenvalue weighted by atomic mass is 35.5. The Balaban J connectivity index is 1.75. The van der Waals surface area contributed by atoms with Crippen LogP contribution in [0.3, 0.4) is 0 Å². The molecule has 23 heavy (non-hydrogen) atoms. The number of hydrogen-bond acceptors (Lipinski definition) is 1. The second-order valence-corrected chi connectivity index (χ2v) is 6.05. The molecule has 0 radical (unpaired) electrons. The topological polar surface area (TPSA) is 20.3 Å². The maximum atomic E-state index is 13.8. The van der Waals surface area contributed by atoms with Crippen LogP contribution in [0.1, 0.15) is 24.0 Å². The Hall–Kier alpha value is -2.13. The molecule has 0 aliphatic heterocycles. The predicted octanol–water partition coefficient (Wildman–Crippen LogP) is 4.68. The van der Waals surface area contributed by atoms with Gasteiger partial charge in [0.2, 0.25) is 5.91 Å². The summed E-state index contributed by atoms with van der Waals surface area (Å²) in [6.45, 7) is 0.295. The van der Waals surface area contributed by atoms with E-state index in [1.807, 2.05) is 18.2 Å². The van der Waals surface area contributed by atoms with E-state index in [0.29, 0.717) is 17.1 Å². The quantitative estimate of drug-likeness (QED) is 0.729. The number of carbonyl (C=O) groups excluding carboxylic acids is 1. The Morgan fingerprint density at radius 1 is 1.17 bits per heavy atom. The molecule has 1 fully saturated rings. The van der Waals surface area contributed by atoms with E-state index >= 15 is 0 Å². The second-order valence-electron chi connectivity index (χ2n) is 5.64. The molecule has 0 N–H and O–H groups in total. The Kier molecular flexibility index (Phi) is 4.77. The fraction of sp³-hybridized carbons (Fsp3) is 0.211. The molecule has 1 saturated carbocycles. The van der Waals surface area contributed by atoms with Crippen molar-refractivity contribution in [3.63, 3.8) is 0 Å². The van der Waals surface area contributed by atoms with Crippen LogP contribution in [0.2, 0.25) is 5.02 Å². The van der Waals surface area contributed by atoms with Gasteiger partial charge >= 0.3 is 0 Å². The van der Waals surface area contributed by atoms with E-state index in [0.717, 1.165) is 18.4 Å². The lowest BCUT2D eigenvalue weighted by Gasteiger charge is -2.21. The summed E-state index contributed by atoms with van der Waals surface area (Å²) >= 11 is 6.09. The molecule has 1 aliphatic rings. The first kappa shape index (κ1) is 15.8. The Morgan fingerprint density at radius 2 is 1.87 bits per heavy atom. The third-order valence-electron chi connectivity index (χ3n) is 3.88. The van der Waals surface area contributed by atoms with E-state index in [9.17, 15) is 9.18 Å². The summed E-state index contributed by atoms with van der Waals surface area (Å²) in [5, 5.41) is 0.601. The fourth-order valence-corrected chi connectivity index (χ4v) is 2.65. The minimum absolute atomic E-state index is 0.115. The van der Waals surface area contributed by atoms with Crippen LogP contribution in [0.25, 0.3) is 6.08 Å². The van der Waals surface area contributed by atoms with Gasteiger partial charge in [-0.05, 0) is 36.6 Å². The molecular formula is C19H17ClFNO. The van der Waals surface area contributed by atoms with Crippen LogP contribution in [-0.4, -0.2) is 16.8 Å². The van der Waals surface area contributed by atoms with Gasteiger partial charge in [-0.3, -0.25) is 4.79 Å². The zero-order chi connectivity index (χ0) is 16.2. The van der Waals surface area contributed by atoms with Crippen molar-refractivity contribution in [1.82, 2.24) is 4.90 Å². The lowest BCUT2D eigenvalue weighted by atomic mass is 10.2. The lowest BCUT2D eigenvalue weighted by molar-refractivity contribution is -0.127. The molecule has 1 aliphatic carbocycles. The van der Waals surface area contributed by atoms with E-state index in [2.05, 4.69) is 0 Å². The van der Waals surface area contributed by atoms with Crippen molar-refractivity contribution in [3.05, 3.63) is 76.6 Å². The molecule has 4 heteroatoms. The molecule has 1 amide bonds. The second kappa shape index (κ2) is 6.97. The van der Waals surface area contributed by atoms with E-state index in [4.69, 9.17) is 11.6 Å². The first-order valence-electron chi connectivity index (χ1n) is 7.62. The highest BCUT2D eigenvalue weighted by Crippen LogP contribution is 2.29. The van der Waals surface area contributed by atoms with Gasteiger partial charge in [0.15, 0.2) is 0 Å². The van der Waals surface area contributed by atoms with Crippen LogP contribution >= 0.6 is 11.6 Å². The number of benzene rings is 2. The molecule has 0 heterocycles. The number of carbonyl (C=O) groups is 1. The van der Waals surface area contributed by atoms with Gasteiger partial charge < -0.3 is 4.90 Å².